The van der Waals surface area contributed by atoms with Crippen molar-refractivity contribution in [1.29, 1.82) is 0 Å². The second-order valence-electron chi connectivity index (χ2n) is 5.37. The molecule has 1 saturated heterocycles. The molecule has 0 radical (unpaired) electrons. The molecular weight excluding hydrogens is 263 g/mol. The Labute approximate surface area is 124 Å². The van der Waals surface area contributed by atoms with Gasteiger partial charge in [0.1, 0.15) is 5.82 Å². The first-order valence-corrected chi connectivity index (χ1v) is 7.46. The van der Waals surface area contributed by atoms with Crippen molar-refractivity contribution < 1.29 is 4.39 Å². The van der Waals surface area contributed by atoms with Crippen molar-refractivity contribution in [1.82, 2.24) is 0 Å². The van der Waals surface area contributed by atoms with E-state index in [-0.39, 0.29) is 5.82 Å². The molecule has 108 valence electrons. The maximum absolute atomic E-state index is 12.8. The van der Waals surface area contributed by atoms with Gasteiger partial charge in [-0.3, -0.25) is 4.99 Å². The molecule has 2 nitrogen and oxygen atoms in total. The molecule has 0 N–H and O–H groups in total. The molecule has 1 heterocycles. The van der Waals surface area contributed by atoms with Crippen molar-refractivity contribution >= 4 is 17.6 Å². The van der Waals surface area contributed by atoms with E-state index in [1.54, 1.807) is 12.1 Å². The third-order valence-electron chi connectivity index (χ3n) is 3.80. The lowest BCUT2D eigenvalue weighted by Crippen LogP contribution is -2.29. The molecule has 21 heavy (non-hydrogen) atoms. The normalized spacial score (nSPS) is 15.6. The lowest BCUT2D eigenvalue weighted by molar-refractivity contribution is 0.578. The summed E-state index contributed by atoms with van der Waals surface area (Å²) in [5.74, 6) is -0.236. The number of aliphatic imine (C=N–C) groups is 1. The fourth-order valence-corrected chi connectivity index (χ4v) is 2.60. The molecule has 0 atom stereocenters. The maximum atomic E-state index is 12.8. The fourth-order valence-electron chi connectivity index (χ4n) is 2.60. The smallest absolute Gasteiger partial charge is 0.123 e. The van der Waals surface area contributed by atoms with Crippen LogP contribution in [-0.4, -0.2) is 19.3 Å². The molecule has 1 aliphatic heterocycles. The van der Waals surface area contributed by atoms with Crippen LogP contribution in [-0.2, 0) is 0 Å². The number of halogens is 1. The van der Waals surface area contributed by atoms with Gasteiger partial charge in [-0.25, -0.2) is 4.39 Å². The van der Waals surface area contributed by atoms with Crippen LogP contribution >= 0.6 is 0 Å². The van der Waals surface area contributed by atoms with E-state index in [2.05, 4.69) is 34.2 Å². The molecule has 0 amide bonds. The van der Waals surface area contributed by atoms with Gasteiger partial charge in [0.25, 0.3) is 0 Å². The Hall–Kier alpha value is -2.16. The van der Waals surface area contributed by atoms with E-state index in [1.807, 2.05) is 6.21 Å². The number of nitrogens with zero attached hydrogens (tertiary/aromatic N) is 2. The van der Waals surface area contributed by atoms with Crippen molar-refractivity contribution in [3.63, 3.8) is 0 Å². The van der Waals surface area contributed by atoms with Crippen molar-refractivity contribution in [2.75, 3.05) is 18.0 Å². The van der Waals surface area contributed by atoms with Crippen molar-refractivity contribution in [2.24, 2.45) is 4.99 Å². The molecule has 0 spiro atoms. The minimum atomic E-state index is -0.236. The Morgan fingerprint density at radius 3 is 2.19 bits per heavy atom. The quantitative estimate of drug-likeness (QED) is 0.753. The topological polar surface area (TPSA) is 15.6 Å². The highest BCUT2D eigenvalue weighted by atomic mass is 19.1. The Morgan fingerprint density at radius 1 is 0.857 bits per heavy atom. The number of rotatable bonds is 3. The van der Waals surface area contributed by atoms with Gasteiger partial charge >= 0.3 is 0 Å². The van der Waals surface area contributed by atoms with Gasteiger partial charge in [0.2, 0.25) is 0 Å². The molecule has 0 bridgehead atoms. The van der Waals surface area contributed by atoms with Gasteiger partial charge in [-0.05, 0) is 61.2 Å². The minimum Gasteiger partial charge on any atom is -0.372 e. The third kappa shape index (κ3) is 3.69. The highest BCUT2D eigenvalue weighted by Gasteiger charge is 2.10. The van der Waals surface area contributed by atoms with Crippen LogP contribution in [0, 0.1) is 5.82 Å². The van der Waals surface area contributed by atoms with Crippen LogP contribution in [0.4, 0.5) is 15.8 Å². The molecule has 3 rings (SSSR count). The summed E-state index contributed by atoms with van der Waals surface area (Å²) in [4.78, 5) is 6.79. The molecule has 0 aliphatic carbocycles. The van der Waals surface area contributed by atoms with E-state index in [4.69, 9.17) is 0 Å². The van der Waals surface area contributed by atoms with Gasteiger partial charge in [0.15, 0.2) is 0 Å². The predicted octanol–water partition coefficient (Wildman–Crippen LogP) is 4.57. The van der Waals surface area contributed by atoms with Gasteiger partial charge in [-0.15, -0.1) is 0 Å². The van der Waals surface area contributed by atoms with E-state index in [0.29, 0.717) is 0 Å². The predicted molar refractivity (Wildman–Crippen MR) is 86.2 cm³/mol. The first-order chi connectivity index (χ1) is 10.3. The first-order valence-electron chi connectivity index (χ1n) is 7.46. The van der Waals surface area contributed by atoms with E-state index in [9.17, 15) is 4.39 Å². The Kier molecular flexibility index (Phi) is 4.29. The number of anilines is 1. The van der Waals surface area contributed by atoms with Crippen LogP contribution in [0.2, 0.25) is 0 Å². The number of piperidine rings is 1. The van der Waals surface area contributed by atoms with Gasteiger partial charge in [-0.2, -0.15) is 0 Å². The third-order valence-corrected chi connectivity index (χ3v) is 3.80. The molecule has 1 fully saturated rings. The Balaban J connectivity index is 1.67. The number of hydrogen-bond donors (Lipinski definition) is 0. The van der Waals surface area contributed by atoms with E-state index < -0.39 is 0 Å². The second-order valence-corrected chi connectivity index (χ2v) is 5.37. The zero-order chi connectivity index (χ0) is 14.5. The monoisotopic (exact) mass is 282 g/mol. The zero-order valence-electron chi connectivity index (χ0n) is 12.0. The number of hydrogen-bond acceptors (Lipinski definition) is 2. The van der Waals surface area contributed by atoms with Crippen LogP contribution in [0.25, 0.3) is 0 Å². The molecule has 2 aromatic rings. The van der Waals surface area contributed by atoms with Gasteiger partial charge in [0, 0.05) is 25.0 Å². The minimum absolute atomic E-state index is 0.236. The average Bonchev–Trinajstić information content (AvgIpc) is 2.56. The lowest BCUT2D eigenvalue weighted by Gasteiger charge is -2.28. The van der Waals surface area contributed by atoms with Crippen molar-refractivity contribution in [3.05, 3.63) is 59.9 Å². The molecule has 3 heteroatoms. The van der Waals surface area contributed by atoms with Crippen LogP contribution in [0.1, 0.15) is 24.8 Å². The first kappa shape index (κ1) is 13.8. The van der Waals surface area contributed by atoms with Gasteiger partial charge < -0.3 is 4.90 Å². The molecule has 0 saturated carbocycles. The summed E-state index contributed by atoms with van der Waals surface area (Å²) in [7, 11) is 0. The summed E-state index contributed by atoms with van der Waals surface area (Å²) < 4.78 is 12.8. The van der Waals surface area contributed by atoms with E-state index >= 15 is 0 Å². The van der Waals surface area contributed by atoms with E-state index in [0.717, 1.165) is 24.3 Å². The maximum Gasteiger partial charge on any atom is 0.123 e. The molecule has 0 unspecified atom stereocenters. The van der Waals surface area contributed by atoms with E-state index in [1.165, 1.54) is 37.1 Å². The second kappa shape index (κ2) is 6.53. The van der Waals surface area contributed by atoms with Crippen LogP contribution in [0.3, 0.4) is 0 Å². The summed E-state index contributed by atoms with van der Waals surface area (Å²) in [5.41, 5.74) is 3.10. The Morgan fingerprint density at radius 2 is 1.52 bits per heavy atom. The van der Waals surface area contributed by atoms with Gasteiger partial charge in [-0.1, -0.05) is 12.1 Å². The van der Waals surface area contributed by atoms with Crippen LogP contribution in [0.15, 0.2) is 53.5 Å². The fraction of sp³-hybridized carbons (Fsp3) is 0.278. The summed E-state index contributed by atoms with van der Waals surface area (Å²) in [6.07, 6.45) is 5.73. The average molecular weight is 282 g/mol. The van der Waals surface area contributed by atoms with Gasteiger partial charge in [0.05, 0.1) is 5.69 Å². The largest absolute Gasteiger partial charge is 0.372 e. The Bertz CT molecular complexity index is 596. The lowest BCUT2D eigenvalue weighted by atomic mass is 10.1. The summed E-state index contributed by atoms with van der Waals surface area (Å²) in [5, 5.41) is 0. The van der Waals surface area contributed by atoms with Crippen LogP contribution in [0.5, 0.6) is 0 Å². The summed E-state index contributed by atoms with van der Waals surface area (Å²) in [6.45, 7) is 2.31. The molecular formula is C18H19FN2. The summed E-state index contributed by atoms with van der Waals surface area (Å²) >= 11 is 0. The zero-order valence-corrected chi connectivity index (χ0v) is 12.0. The molecule has 1 aliphatic rings. The van der Waals surface area contributed by atoms with Crippen molar-refractivity contribution in [2.45, 2.75) is 19.3 Å². The highest BCUT2D eigenvalue weighted by molar-refractivity contribution is 5.82. The molecule has 2 aromatic carbocycles. The SMILES string of the molecule is Fc1ccc(N=Cc2ccc(N3CCCCC3)cc2)cc1. The van der Waals surface area contributed by atoms with Crippen LogP contribution < -0.4 is 4.90 Å². The number of benzene rings is 2. The summed E-state index contributed by atoms with van der Waals surface area (Å²) in [6, 6.07) is 14.7. The highest BCUT2D eigenvalue weighted by Crippen LogP contribution is 2.20. The standard InChI is InChI=1S/C18H19FN2/c19-16-6-8-17(9-7-16)20-14-15-4-10-18(11-5-15)21-12-2-1-3-13-21/h4-11,14H,1-3,12-13H2. The van der Waals surface area contributed by atoms with Crippen molar-refractivity contribution in [3.8, 4) is 0 Å². The molecule has 0 aromatic heterocycles.